The molecule has 1 heterocycles. The van der Waals surface area contributed by atoms with Gasteiger partial charge in [0.1, 0.15) is 0 Å². The van der Waals surface area contributed by atoms with Crippen molar-refractivity contribution in [3.8, 4) is 0 Å². The fraction of sp³-hybridized carbons (Fsp3) is 0.571. The van der Waals surface area contributed by atoms with Gasteiger partial charge in [-0.3, -0.25) is 0 Å². The topological polar surface area (TPSA) is 15.3 Å². The zero-order valence-corrected chi connectivity index (χ0v) is 13.1. The summed E-state index contributed by atoms with van der Waals surface area (Å²) < 4.78 is 0.977. The molecule has 1 aromatic rings. The fourth-order valence-corrected chi connectivity index (χ4v) is 2.89. The minimum absolute atomic E-state index is 0.619. The lowest BCUT2D eigenvalue weighted by Crippen LogP contribution is -2.46. The Hall–Kier alpha value is -0.250. The number of nitrogens with zero attached hydrogens (tertiary/aromatic N) is 1. The predicted octanol–water partition coefficient (Wildman–Crippen LogP) is 4.07. The van der Waals surface area contributed by atoms with Crippen molar-refractivity contribution in [2.45, 2.75) is 32.2 Å². The van der Waals surface area contributed by atoms with Gasteiger partial charge in [0.2, 0.25) is 0 Å². The standard InChI is InChI=1S/C14H20BrClN2/c1-2-7-17-11-4-3-8-18(10-11)12-5-6-14(16)13(15)9-12/h5-6,9,11,17H,2-4,7-8,10H2,1H3. The van der Waals surface area contributed by atoms with E-state index in [2.05, 4.69) is 45.2 Å². The van der Waals surface area contributed by atoms with E-state index in [1.807, 2.05) is 6.07 Å². The van der Waals surface area contributed by atoms with Crippen LogP contribution in [0, 0.1) is 0 Å². The summed E-state index contributed by atoms with van der Waals surface area (Å²) in [4.78, 5) is 2.44. The second-order valence-electron chi connectivity index (χ2n) is 4.84. The molecule has 0 saturated carbocycles. The van der Waals surface area contributed by atoms with Crippen molar-refractivity contribution in [3.63, 3.8) is 0 Å². The number of piperidine rings is 1. The quantitative estimate of drug-likeness (QED) is 0.894. The molecule has 1 N–H and O–H groups in total. The Labute approximate surface area is 123 Å². The first-order chi connectivity index (χ1) is 8.70. The lowest BCUT2D eigenvalue weighted by Gasteiger charge is -2.35. The van der Waals surface area contributed by atoms with Gasteiger partial charge in [-0.05, 0) is 59.9 Å². The Balaban J connectivity index is 2.01. The molecular weight excluding hydrogens is 312 g/mol. The second-order valence-corrected chi connectivity index (χ2v) is 6.10. The third-order valence-electron chi connectivity index (χ3n) is 3.37. The SMILES string of the molecule is CCCNC1CCCN(c2ccc(Cl)c(Br)c2)C1. The molecule has 1 aromatic carbocycles. The largest absolute Gasteiger partial charge is 0.370 e. The molecule has 2 nitrogen and oxygen atoms in total. The van der Waals surface area contributed by atoms with Crippen LogP contribution in [-0.4, -0.2) is 25.7 Å². The zero-order valence-electron chi connectivity index (χ0n) is 10.8. The summed E-state index contributed by atoms with van der Waals surface area (Å²) in [5, 5.41) is 4.39. The second kappa shape index (κ2) is 6.78. The van der Waals surface area contributed by atoms with E-state index in [4.69, 9.17) is 11.6 Å². The molecule has 1 fully saturated rings. The van der Waals surface area contributed by atoms with E-state index in [9.17, 15) is 0 Å². The Morgan fingerprint density at radius 1 is 1.50 bits per heavy atom. The van der Waals surface area contributed by atoms with Crippen LogP contribution in [0.25, 0.3) is 0 Å². The van der Waals surface area contributed by atoms with Crippen LogP contribution in [0.3, 0.4) is 0 Å². The van der Waals surface area contributed by atoms with Gasteiger partial charge >= 0.3 is 0 Å². The maximum atomic E-state index is 6.04. The van der Waals surface area contributed by atoms with E-state index in [0.717, 1.165) is 29.1 Å². The smallest absolute Gasteiger partial charge is 0.0549 e. The highest BCUT2D eigenvalue weighted by Gasteiger charge is 2.19. The van der Waals surface area contributed by atoms with Crippen LogP contribution in [0.15, 0.2) is 22.7 Å². The highest BCUT2D eigenvalue weighted by Crippen LogP contribution is 2.29. The van der Waals surface area contributed by atoms with E-state index in [1.54, 1.807) is 0 Å². The lowest BCUT2D eigenvalue weighted by molar-refractivity contribution is 0.423. The first-order valence-electron chi connectivity index (χ1n) is 6.64. The fourth-order valence-electron chi connectivity index (χ4n) is 2.41. The average Bonchev–Trinajstić information content (AvgIpc) is 2.40. The number of benzene rings is 1. The molecule has 0 aliphatic carbocycles. The maximum Gasteiger partial charge on any atom is 0.0549 e. The Morgan fingerprint density at radius 3 is 3.06 bits per heavy atom. The van der Waals surface area contributed by atoms with Gasteiger partial charge in [0.05, 0.1) is 5.02 Å². The van der Waals surface area contributed by atoms with E-state index in [-0.39, 0.29) is 0 Å². The Kier molecular flexibility index (Phi) is 5.34. The van der Waals surface area contributed by atoms with Crippen molar-refractivity contribution in [2.75, 3.05) is 24.5 Å². The summed E-state index contributed by atoms with van der Waals surface area (Å²) in [7, 11) is 0. The van der Waals surface area contributed by atoms with Crippen LogP contribution in [-0.2, 0) is 0 Å². The zero-order chi connectivity index (χ0) is 13.0. The number of halogens is 2. The first-order valence-corrected chi connectivity index (χ1v) is 7.81. The minimum Gasteiger partial charge on any atom is -0.370 e. The summed E-state index contributed by atoms with van der Waals surface area (Å²) in [5.74, 6) is 0. The molecular formula is C14H20BrClN2. The third-order valence-corrected chi connectivity index (χ3v) is 4.59. The van der Waals surface area contributed by atoms with Crippen molar-refractivity contribution in [2.24, 2.45) is 0 Å². The van der Waals surface area contributed by atoms with Gasteiger partial charge in [0.15, 0.2) is 0 Å². The molecule has 0 bridgehead atoms. The highest BCUT2D eigenvalue weighted by atomic mass is 79.9. The molecule has 1 aliphatic heterocycles. The van der Waals surface area contributed by atoms with E-state index < -0.39 is 0 Å². The van der Waals surface area contributed by atoms with Gasteiger partial charge in [-0.15, -0.1) is 0 Å². The Morgan fingerprint density at radius 2 is 2.33 bits per heavy atom. The van der Waals surface area contributed by atoms with Crippen molar-refractivity contribution in [1.82, 2.24) is 5.32 Å². The van der Waals surface area contributed by atoms with E-state index >= 15 is 0 Å². The van der Waals surface area contributed by atoms with Crippen LogP contribution in [0.4, 0.5) is 5.69 Å². The van der Waals surface area contributed by atoms with Gasteiger partial charge in [-0.25, -0.2) is 0 Å². The van der Waals surface area contributed by atoms with Gasteiger partial charge in [-0.2, -0.15) is 0 Å². The van der Waals surface area contributed by atoms with Gasteiger partial charge in [0.25, 0.3) is 0 Å². The molecule has 0 amide bonds. The van der Waals surface area contributed by atoms with Crippen LogP contribution >= 0.6 is 27.5 Å². The molecule has 2 rings (SSSR count). The number of rotatable bonds is 4. The van der Waals surface area contributed by atoms with Gasteiger partial charge in [0, 0.05) is 29.3 Å². The monoisotopic (exact) mass is 330 g/mol. The highest BCUT2D eigenvalue weighted by molar-refractivity contribution is 9.10. The third kappa shape index (κ3) is 3.62. The molecule has 100 valence electrons. The molecule has 1 unspecified atom stereocenters. The number of hydrogen-bond donors (Lipinski definition) is 1. The summed E-state index contributed by atoms with van der Waals surface area (Å²) in [6, 6.07) is 6.80. The molecule has 4 heteroatoms. The average molecular weight is 332 g/mol. The molecule has 1 saturated heterocycles. The van der Waals surface area contributed by atoms with Crippen molar-refractivity contribution >= 4 is 33.2 Å². The van der Waals surface area contributed by atoms with Crippen LogP contribution in [0.1, 0.15) is 26.2 Å². The molecule has 18 heavy (non-hydrogen) atoms. The maximum absolute atomic E-state index is 6.04. The molecule has 0 radical (unpaired) electrons. The number of hydrogen-bond acceptors (Lipinski definition) is 2. The minimum atomic E-state index is 0.619. The first kappa shape index (κ1) is 14.2. The summed E-state index contributed by atoms with van der Waals surface area (Å²) >= 11 is 9.53. The summed E-state index contributed by atoms with van der Waals surface area (Å²) in [5.41, 5.74) is 1.26. The molecule has 0 aromatic heterocycles. The summed E-state index contributed by atoms with van der Waals surface area (Å²) in [6.07, 6.45) is 3.73. The van der Waals surface area contributed by atoms with Gasteiger partial charge in [-0.1, -0.05) is 18.5 Å². The lowest BCUT2D eigenvalue weighted by atomic mass is 10.0. The van der Waals surface area contributed by atoms with Crippen LogP contribution in [0.5, 0.6) is 0 Å². The Bertz CT molecular complexity index is 397. The van der Waals surface area contributed by atoms with Crippen LogP contribution in [0.2, 0.25) is 5.02 Å². The van der Waals surface area contributed by atoms with E-state index in [1.165, 1.54) is 24.9 Å². The summed E-state index contributed by atoms with van der Waals surface area (Å²) in [6.45, 7) is 5.55. The normalized spacial score (nSPS) is 20.2. The molecule has 0 spiro atoms. The predicted molar refractivity (Wildman–Crippen MR) is 82.7 cm³/mol. The number of nitrogens with one attached hydrogen (secondary N) is 1. The van der Waals surface area contributed by atoms with Crippen molar-refractivity contribution in [3.05, 3.63) is 27.7 Å². The van der Waals surface area contributed by atoms with Gasteiger partial charge < -0.3 is 10.2 Å². The van der Waals surface area contributed by atoms with Crippen molar-refractivity contribution in [1.29, 1.82) is 0 Å². The molecule has 1 atom stereocenters. The van der Waals surface area contributed by atoms with Crippen LogP contribution < -0.4 is 10.2 Å². The number of anilines is 1. The molecule has 1 aliphatic rings. The van der Waals surface area contributed by atoms with E-state index in [0.29, 0.717) is 6.04 Å². The van der Waals surface area contributed by atoms with Crippen molar-refractivity contribution < 1.29 is 0 Å².